The number of benzene rings is 6. The molecule has 2 nitrogen and oxygen atoms in total. The molecule has 5 heteroatoms. The lowest BCUT2D eigenvalue weighted by molar-refractivity contribution is 0.621. The third-order valence-corrected chi connectivity index (χ3v) is 8.44. The van der Waals surface area contributed by atoms with Gasteiger partial charge in [0.05, 0.1) is 11.1 Å². The van der Waals surface area contributed by atoms with E-state index in [1.807, 2.05) is 11.1 Å². The molecule has 2 N–H and O–H groups in total. The summed E-state index contributed by atoms with van der Waals surface area (Å²) in [5.41, 5.74) is 3.37. The van der Waals surface area contributed by atoms with Crippen LogP contribution in [0.4, 0.5) is 8.78 Å². The van der Waals surface area contributed by atoms with E-state index in [2.05, 4.69) is 149 Å². The Morgan fingerprint density at radius 1 is 0.615 bits per heavy atom. The van der Waals surface area contributed by atoms with Gasteiger partial charge in [0, 0.05) is 25.2 Å². The molecule has 2 atom stereocenters. The van der Waals surface area contributed by atoms with Gasteiger partial charge in [-0.05, 0) is 81.8 Å². The van der Waals surface area contributed by atoms with E-state index in [0.717, 1.165) is 6.54 Å². The number of terminal acetylenes is 1. The standard InChI is InChI=1S/C23H20FN.C15H16BrN.C8H5F.CH4/c1-18(21-15-9-13-19-10-4-6-14-22(19)21)25-17-8-2-3-11-20-12-5-7-16-23(20)24;1-12(17-11-5-10-16)14-9-4-7-13-6-2-3-8-15(13)14;1-2-7-5-3-4-6-8(7)9;/h2,4-10,12-16,18,25H,17H2,1H3;2-10,12,17H,11H2,1H3;1,3-6H;1H4/b8-2+;10-5+;;/t18-;12-;;/m11../s1. The van der Waals surface area contributed by atoms with Crippen molar-refractivity contribution >= 4 is 37.5 Å². The van der Waals surface area contributed by atoms with Gasteiger partial charge in [-0.25, -0.2) is 8.78 Å². The van der Waals surface area contributed by atoms with E-state index in [4.69, 9.17) is 6.42 Å². The molecule has 0 bridgehead atoms. The van der Waals surface area contributed by atoms with Crippen LogP contribution in [-0.2, 0) is 0 Å². The van der Waals surface area contributed by atoms with Crippen molar-refractivity contribution in [3.05, 3.63) is 191 Å². The summed E-state index contributed by atoms with van der Waals surface area (Å²) in [7, 11) is 0. The van der Waals surface area contributed by atoms with Crippen molar-refractivity contribution in [3.63, 3.8) is 0 Å². The van der Waals surface area contributed by atoms with Gasteiger partial charge in [-0.1, -0.05) is 162 Å². The van der Waals surface area contributed by atoms with Gasteiger partial charge in [-0.3, -0.25) is 0 Å². The molecule has 0 aromatic heterocycles. The zero-order chi connectivity index (χ0) is 36.3. The van der Waals surface area contributed by atoms with E-state index in [0.29, 0.717) is 23.7 Å². The van der Waals surface area contributed by atoms with Gasteiger partial charge in [0.25, 0.3) is 0 Å². The fourth-order valence-electron chi connectivity index (χ4n) is 5.39. The van der Waals surface area contributed by atoms with E-state index in [9.17, 15) is 8.78 Å². The second-order valence-electron chi connectivity index (χ2n) is 11.5. The molecule has 264 valence electrons. The molecule has 0 amide bonds. The third kappa shape index (κ3) is 12.5. The number of hydrogen-bond donors (Lipinski definition) is 2. The first-order valence-electron chi connectivity index (χ1n) is 16.7. The number of rotatable bonds is 8. The highest BCUT2D eigenvalue weighted by Crippen LogP contribution is 2.25. The molecule has 0 radical (unpaired) electrons. The second-order valence-corrected chi connectivity index (χ2v) is 12.1. The summed E-state index contributed by atoms with van der Waals surface area (Å²) in [6, 6.07) is 43.1. The van der Waals surface area contributed by atoms with Crippen molar-refractivity contribution in [3.8, 4) is 24.2 Å². The van der Waals surface area contributed by atoms with Crippen LogP contribution in [0.15, 0.2) is 157 Å². The zero-order valence-electron chi connectivity index (χ0n) is 28.8. The average Bonchev–Trinajstić information content (AvgIpc) is 3.17. The monoisotopic (exact) mass is 754 g/mol. The van der Waals surface area contributed by atoms with Crippen LogP contribution >= 0.6 is 15.9 Å². The van der Waals surface area contributed by atoms with E-state index in [1.54, 1.807) is 42.5 Å². The lowest BCUT2D eigenvalue weighted by Gasteiger charge is -2.15. The molecular weight excluding hydrogens is 710 g/mol. The Hall–Kier alpha value is -5.30. The predicted octanol–water partition coefficient (Wildman–Crippen LogP) is 12.1. The van der Waals surface area contributed by atoms with Gasteiger partial charge in [-0.2, -0.15) is 0 Å². The quantitative estimate of drug-likeness (QED) is 0.151. The van der Waals surface area contributed by atoms with E-state index >= 15 is 0 Å². The summed E-state index contributed by atoms with van der Waals surface area (Å²) < 4.78 is 25.9. The fourth-order valence-corrected chi connectivity index (χ4v) is 5.58. The number of allylic oxidation sites excluding steroid dienone is 1. The van der Waals surface area contributed by atoms with Crippen molar-refractivity contribution in [1.82, 2.24) is 10.6 Å². The van der Waals surface area contributed by atoms with Gasteiger partial charge < -0.3 is 10.6 Å². The maximum Gasteiger partial charge on any atom is 0.138 e. The molecule has 6 aromatic carbocycles. The lowest BCUT2D eigenvalue weighted by Crippen LogP contribution is -2.18. The van der Waals surface area contributed by atoms with Gasteiger partial charge >= 0.3 is 0 Å². The summed E-state index contributed by atoms with van der Waals surface area (Å²) in [6.07, 6.45) is 10.7. The van der Waals surface area contributed by atoms with Crippen LogP contribution in [0, 0.1) is 35.8 Å². The summed E-state index contributed by atoms with van der Waals surface area (Å²) in [5, 5.41) is 12.1. The zero-order valence-corrected chi connectivity index (χ0v) is 30.4. The molecule has 6 aromatic rings. The van der Waals surface area contributed by atoms with Gasteiger partial charge in [0.15, 0.2) is 0 Å². The number of nitrogens with one attached hydrogen (secondary N) is 2. The number of fused-ring (bicyclic) bond motifs is 2. The highest BCUT2D eigenvalue weighted by atomic mass is 79.9. The average molecular weight is 756 g/mol. The second kappa shape index (κ2) is 22.5. The van der Waals surface area contributed by atoms with Crippen LogP contribution in [0.1, 0.15) is 55.6 Å². The van der Waals surface area contributed by atoms with E-state index in [-0.39, 0.29) is 25.1 Å². The molecule has 0 aliphatic heterocycles. The molecule has 0 heterocycles. The Labute approximate surface area is 316 Å². The van der Waals surface area contributed by atoms with Crippen molar-refractivity contribution in [2.45, 2.75) is 33.4 Å². The van der Waals surface area contributed by atoms with Crippen molar-refractivity contribution < 1.29 is 8.78 Å². The summed E-state index contributed by atoms with van der Waals surface area (Å²) in [5.74, 6) is 7.29. The molecule has 0 aliphatic carbocycles. The molecule has 0 aliphatic rings. The first kappa shape index (κ1) is 41.1. The smallest absolute Gasteiger partial charge is 0.138 e. The molecule has 0 spiro atoms. The maximum absolute atomic E-state index is 13.4. The lowest BCUT2D eigenvalue weighted by atomic mass is 10.00. The maximum atomic E-state index is 13.4. The minimum absolute atomic E-state index is 0. The summed E-state index contributed by atoms with van der Waals surface area (Å²) in [6.45, 7) is 5.93. The third-order valence-electron chi connectivity index (χ3n) is 8.06. The Balaban J connectivity index is 0.000000233. The van der Waals surface area contributed by atoms with Crippen molar-refractivity contribution in [2.24, 2.45) is 0 Å². The van der Waals surface area contributed by atoms with Crippen LogP contribution in [0.5, 0.6) is 0 Å². The number of halogens is 3. The molecule has 0 fully saturated rings. The normalized spacial score (nSPS) is 11.6. The minimum Gasteiger partial charge on any atom is -0.307 e. The highest BCUT2D eigenvalue weighted by molar-refractivity contribution is 9.11. The minimum atomic E-state index is -0.333. The van der Waals surface area contributed by atoms with Crippen LogP contribution in [-0.4, -0.2) is 13.1 Å². The molecule has 0 saturated carbocycles. The van der Waals surface area contributed by atoms with Crippen molar-refractivity contribution in [1.29, 1.82) is 0 Å². The number of hydrogen-bond acceptors (Lipinski definition) is 2. The first-order chi connectivity index (χ1) is 24.9. The summed E-state index contributed by atoms with van der Waals surface area (Å²) in [4.78, 5) is 1.88. The van der Waals surface area contributed by atoms with Gasteiger partial charge in [-0.15, -0.1) is 6.42 Å². The molecule has 52 heavy (non-hydrogen) atoms. The first-order valence-corrected chi connectivity index (χ1v) is 17.6. The van der Waals surface area contributed by atoms with E-state index in [1.165, 1.54) is 44.8 Å². The van der Waals surface area contributed by atoms with Crippen LogP contribution in [0.2, 0.25) is 0 Å². The van der Waals surface area contributed by atoms with Crippen molar-refractivity contribution in [2.75, 3.05) is 13.1 Å². The van der Waals surface area contributed by atoms with Crippen LogP contribution < -0.4 is 10.6 Å². The van der Waals surface area contributed by atoms with Crippen LogP contribution in [0.25, 0.3) is 21.5 Å². The predicted molar refractivity (Wildman–Crippen MR) is 222 cm³/mol. The Kier molecular flexibility index (Phi) is 17.8. The van der Waals surface area contributed by atoms with Crippen LogP contribution in [0.3, 0.4) is 0 Å². The summed E-state index contributed by atoms with van der Waals surface area (Å²) >= 11 is 3.27. The van der Waals surface area contributed by atoms with Gasteiger partial charge in [0.1, 0.15) is 11.6 Å². The highest BCUT2D eigenvalue weighted by Gasteiger charge is 2.08. The Bertz CT molecular complexity index is 2160. The van der Waals surface area contributed by atoms with Gasteiger partial charge in [0.2, 0.25) is 0 Å². The Morgan fingerprint density at radius 3 is 1.54 bits per heavy atom. The largest absolute Gasteiger partial charge is 0.307 e. The Morgan fingerprint density at radius 2 is 1.06 bits per heavy atom. The fraction of sp³-hybridized carbons (Fsp3) is 0.149. The SMILES string of the molecule is C.C#Cc1ccccc1F.C[C@@H](NC/C=C/Br)c1cccc2ccccc12.C[C@@H](NC/C=C/C#Cc1ccccc1F)c1cccc2ccccc12. The van der Waals surface area contributed by atoms with E-state index < -0.39 is 0 Å². The molecule has 0 saturated heterocycles. The molecule has 6 rings (SSSR count). The topological polar surface area (TPSA) is 24.1 Å². The molecular formula is C47H45BrF2N2. The molecule has 0 unspecified atom stereocenters.